The first-order chi connectivity index (χ1) is 8.18. The Morgan fingerprint density at radius 2 is 2.41 bits per heavy atom. The van der Waals surface area contributed by atoms with Crippen molar-refractivity contribution >= 4 is 17.6 Å². The molecule has 6 heteroatoms. The molecule has 0 saturated carbocycles. The number of carbonyl (C=O) groups excluding carboxylic acids is 1. The van der Waals surface area contributed by atoms with E-state index >= 15 is 0 Å². The standard InChI is InChI=1S/C11H13N3O3/c15-10-8(2-1-4-13-10)14-9-6-12-5-3-7(9)11(16)17/h3,5-6,8,14H,1-2,4H2,(H,13,15)(H,16,17). The normalized spacial score (nSPS) is 19.5. The Kier molecular flexibility index (Phi) is 3.22. The number of nitrogens with one attached hydrogen (secondary N) is 2. The van der Waals surface area contributed by atoms with Gasteiger partial charge in [-0.05, 0) is 18.9 Å². The van der Waals surface area contributed by atoms with Crippen LogP contribution in [0.25, 0.3) is 0 Å². The zero-order valence-corrected chi connectivity index (χ0v) is 9.14. The van der Waals surface area contributed by atoms with Gasteiger partial charge in [0.1, 0.15) is 6.04 Å². The number of nitrogens with zero attached hydrogens (tertiary/aromatic N) is 1. The third-order valence-corrected chi connectivity index (χ3v) is 2.67. The molecule has 0 aliphatic carbocycles. The number of anilines is 1. The highest BCUT2D eigenvalue weighted by atomic mass is 16.4. The summed E-state index contributed by atoms with van der Waals surface area (Å²) in [6, 6.07) is 1.02. The van der Waals surface area contributed by atoms with E-state index in [-0.39, 0.29) is 17.5 Å². The molecule has 90 valence electrons. The lowest BCUT2D eigenvalue weighted by molar-refractivity contribution is -0.123. The second-order valence-corrected chi connectivity index (χ2v) is 3.86. The van der Waals surface area contributed by atoms with Crippen LogP contribution in [0.1, 0.15) is 23.2 Å². The largest absolute Gasteiger partial charge is 0.478 e. The number of aromatic carboxylic acids is 1. The van der Waals surface area contributed by atoms with Gasteiger partial charge in [-0.25, -0.2) is 4.79 Å². The van der Waals surface area contributed by atoms with Crippen LogP contribution in [0.2, 0.25) is 0 Å². The van der Waals surface area contributed by atoms with E-state index < -0.39 is 5.97 Å². The summed E-state index contributed by atoms with van der Waals surface area (Å²) in [6.45, 7) is 0.676. The van der Waals surface area contributed by atoms with Gasteiger partial charge in [0, 0.05) is 12.7 Å². The van der Waals surface area contributed by atoms with E-state index in [1.807, 2.05) is 0 Å². The summed E-state index contributed by atoms with van der Waals surface area (Å²) in [7, 11) is 0. The topological polar surface area (TPSA) is 91.3 Å². The van der Waals surface area contributed by atoms with Crippen LogP contribution in [0.4, 0.5) is 5.69 Å². The third kappa shape index (κ3) is 2.52. The van der Waals surface area contributed by atoms with E-state index in [1.165, 1.54) is 18.5 Å². The molecule has 3 N–H and O–H groups in total. The van der Waals surface area contributed by atoms with Gasteiger partial charge in [0.05, 0.1) is 17.4 Å². The number of rotatable bonds is 3. The number of carboxylic acids is 1. The lowest BCUT2D eigenvalue weighted by Gasteiger charge is -2.24. The zero-order chi connectivity index (χ0) is 12.3. The molecule has 1 aromatic rings. The molecule has 0 aromatic carbocycles. The van der Waals surface area contributed by atoms with Crippen LogP contribution >= 0.6 is 0 Å². The maximum Gasteiger partial charge on any atom is 0.337 e. The highest BCUT2D eigenvalue weighted by Gasteiger charge is 2.23. The van der Waals surface area contributed by atoms with Gasteiger partial charge in [0.2, 0.25) is 5.91 Å². The molecule has 1 atom stereocenters. The van der Waals surface area contributed by atoms with Gasteiger partial charge in [0.25, 0.3) is 0 Å². The van der Waals surface area contributed by atoms with E-state index in [0.717, 1.165) is 6.42 Å². The molecule has 1 aliphatic rings. The van der Waals surface area contributed by atoms with Crippen molar-refractivity contribution in [3.05, 3.63) is 24.0 Å². The molecule has 1 unspecified atom stereocenters. The van der Waals surface area contributed by atoms with Gasteiger partial charge in [-0.3, -0.25) is 9.78 Å². The first kappa shape index (κ1) is 11.4. The molecule has 1 aromatic heterocycles. The van der Waals surface area contributed by atoms with Gasteiger partial charge < -0.3 is 15.7 Å². The maximum atomic E-state index is 11.5. The molecular weight excluding hydrogens is 222 g/mol. The zero-order valence-electron chi connectivity index (χ0n) is 9.14. The summed E-state index contributed by atoms with van der Waals surface area (Å²) < 4.78 is 0. The minimum atomic E-state index is -1.04. The summed E-state index contributed by atoms with van der Waals surface area (Å²) in [5.74, 6) is -1.14. The van der Waals surface area contributed by atoms with Crippen molar-refractivity contribution < 1.29 is 14.7 Å². The summed E-state index contributed by atoms with van der Waals surface area (Å²) in [6.07, 6.45) is 4.41. The number of carbonyl (C=O) groups is 2. The molecule has 1 aliphatic heterocycles. The average molecular weight is 235 g/mol. The van der Waals surface area contributed by atoms with Crippen LogP contribution < -0.4 is 10.6 Å². The Morgan fingerprint density at radius 1 is 1.59 bits per heavy atom. The van der Waals surface area contributed by atoms with Crippen LogP contribution in [0.5, 0.6) is 0 Å². The lowest BCUT2D eigenvalue weighted by Crippen LogP contribution is -2.44. The highest BCUT2D eigenvalue weighted by molar-refractivity contribution is 5.95. The van der Waals surface area contributed by atoms with Gasteiger partial charge >= 0.3 is 5.97 Å². The fraction of sp³-hybridized carbons (Fsp3) is 0.364. The molecule has 1 amide bonds. The van der Waals surface area contributed by atoms with Crippen molar-refractivity contribution in [2.24, 2.45) is 0 Å². The third-order valence-electron chi connectivity index (χ3n) is 2.67. The Balaban J connectivity index is 2.17. The van der Waals surface area contributed by atoms with E-state index in [4.69, 9.17) is 5.11 Å². The van der Waals surface area contributed by atoms with Crippen molar-refractivity contribution in [3.8, 4) is 0 Å². The average Bonchev–Trinajstić information content (AvgIpc) is 2.32. The first-order valence-electron chi connectivity index (χ1n) is 5.40. The number of amides is 1. The Bertz CT molecular complexity index is 447. The lowest BCUT2D eigenvalue weighted by atomic mass is 10.1. The minimum Gasteiger partial charge on any atom is -0.478 e. The van der Waals surface area contributed by atoms with Gasteiger partial charge in [0.15, 0.2) is 0 Å². The van der Waals surface area contributed by atoms with Crippen LogP contribution in [0.3, 0.4) is 0 Å². The van der Waals surface area contributed by atoms with Crippen molar-refractivity contribution in [2.75, 3.05) is 11.9 Å². The molecule has 6 nitrogen and oxygen atoms in total. The smallest absolute Gasteiger partial charge is 0.337 e. The van der Waals surface area contributed by atoms with Crippen molar-refractivity contribution in [1.82, 2.24) is 10.3 Å². The number of hydrogen-bond donors (Lipinski definition) is 3. The van der Waals surface area contributed by atoms with Gasteiger partial charge in [-0.2, -0.15) is 0 Å². The summed E-state index contributed by atoms with van der Waals surface area (Å²) in [5, 5.41) is 14.6. The van der Waals surface area contributed by atoms with Crippen LogP contribution in [-0.2, 0) is 4.79 Å². The maximum absolute atomic E-state index is 11.5. The molecule has 1 saturated heterocycles. The second kappa shape index (κ2) is 4.82. The van der Waals surface area contributed by atoms with Crippen LogP contribution in [0.15, 0.2) is 18.5 Å². The molecule has 1 fully saturated rings. The molecule has 0 radical (unpaired) electrons. The Labute approximate surface area is 98.1 Å². The molecule has 0 spiro atoms. The quantitative estimate of drug-likeness (QED) is 0.708. The molecule has 17 heavy (non-hydrogen) atoms. The summed E-state index contributed by atoms with van der Waals surface area (Å²) in [5.41, 5.74) is 0.500. The number of hydrogen-bond acceptors (Lipinski definition) is 4. The summed E-state index contributed by atoms with van der Waals surface area (Å²) >= 11 is 0. The molecule has 2 heterocycles. The summed E-state index contributed by atoms with van der Waals surface area (Å²) in [4.78, 5) is 26.4. The predicted molar refractivity (Wildman–Crippen MR) is 60.9 cm³/mol. The van der Waals surface area contributed by atoms with E-state index in [0.29, 0.717) is 18.7 Å². The fourth-order valence-corrected chi connectivity index (χ4v) is 1.79. The van der Waals surface area contributed by atoms with Gasteiger partial charge in [-0.15, -0.1) is 0 Å². The van der Waals surface area contributed by atoms with Crippen molar-refractivity contribution in [1.29, 1.82) is 0 Å². The monoisotopic (exact) mass is 235 g/mol. The highest BCUT2D eigenvalue weighted by Crippen LogP contribution is 2.17. The molecule has 2 rings (SSSR count). The van der Waals surface area contributed by atoms with Crippen molar-refractivity contribution in [3.63, 3.8) is 0 Å². The molecular formula is C11H13N3O3. The fourth-order valence-electron chi connectivity index (χ4n) is 1.79. The van der Waals surface area contributed by atoms with E-state index in [1.54, 1.807) is 0 Å². The van der Waals surface area contributed by atoms with Crippen LogP contribution in [0, 0.1) is 0 Å². The number of carboxylic acid groups (broad SMARTS) is 1. The number of piperidine rings is 1. The predicted octanol–water partition coefficient (Wildman–Crippen LogP) is 0.470. The Morgan fingerprint density at radius 3 is 3.12 bits per heavy atom. The second-order valence-electron chi connectivity index (χ2n) is 3.86. The van der Waals surface area contributed by atoms with Gasteiger partial charge in [-0.1, -0.05) is 0 Å². The van der Waals surface area contributed by atoms with E-state index in [9.17, 15) is 9.59 Å². The van der Waals surface area contributed by atoms with Crippen LogP contribution in [-0.4, -0.2) is 34.6 Å². The number of aromatic nitrogens is 1. The Hall–Kier alpha value is -2.11. The van der Waals surface area contributed by atoms with Crippen molar-refractivity contribution in [2.45, 2.75) is 18.9 Å². The number of pyridine rings is 1. The van der Waals surface area contributed by atoms with E-state index in [2.05, 4.69) is 15.6 Å². The SMILES string of the molecule is O=C(O)c1ccncc1NC1CCCNC1=O. The minimum absolute atomic E-state index is 0.101. The first-order valence-corrected chi connectivity index (χ1v) is 5.40. The molecule has 0 bridgehead atoms.